The fourth-order valence-corrected chi connectivity index (χ4v) is 3.73. The minimum absolute atomic E-state index is 0.286. The lowest BCUT2D eigenvalue weighted by atomic mass is 10.1. The molecule has 0 radical (unpaired) electrons. The van der Waals surface area contributed by atoms with Gasteiger partial charge in [-0.3, -0.25) is 10.1 Å². The van der Waals surface area contributed by atoms with Crippen LogP contribution in [-0.2, 0) is 16.6 Å². The van der Waals surface area contributed by atoms with E-state index in [0.717, 1.165) is 28.7 Å². The first-order chi connectivity index (χ1) is 13.6. The number of para-hydroxylation sites is 1. The van der Waals surface area contributed by atoms with E-state index in [-0.39, 0.29) is 16.3 Å². The van der Waals surface area contributed by atoms with Crippen LogP contribution >= 0.6 is 0 Å². The highest BCUT2D eigenvalue weighted by molar-refractivity contribution is 7.89. The van der Waals surface area contributed by atoms with Crippen LogP contribution in [0.1, 0.15) is 17.0 Å². The third-order valence-corrected chi connectivity index (χ3v) is 5.63. The molecule has 2 aromatic carbocycles. The Hall–Kier alpha value is -3.24. The molecule has 0 aliphatic carbocycles. The quantitative estimate of drug-likeness (QED) is 0.487. The molecule has 0 aliphatic rings. The van der Waals surface area contributed by atoms with Gasteiger partial charge in [0, 0.05) is 30.9 Å². The summed E-state index contributed by atoms with van der Waals surface area (Å²) in [5, 5.41) is 21.2. The molecule has 0 spiro atoms. The number of primary sulfonamides is 1. The van der Waals surface area contributed by atoms with Gasteiger partial charge in [0.1, 0.15) is 5.69 Å². The summed E-state index contributed by atoms with van der Waals surface area (Å²) >= 11 is 0. The smallest absolute Gasteiger partial charge is 0.293 e. The van der Waals surface area contributed by atoms with Gasteiger partial charge in [-0.25, -0.2) is 18.2 Å². The Morgan fingerprint density at radius 2 is 1.83 bits per heavy atom. The average Bonchev–Trinajstić information content (AvgIpc) is 2.95. The van der Waals surface area contributed by atoms with E-state index < -0.39 is 14.9 Å². The largest absolute Gasteiger partial charge is 0.365 e. The van der Waals surface area contributed by atoms with Crippen molar-refractivity contribution in [2.75, 3.05) is 11.9 Å². The van der Waals surface area contributed by atoms with E-state index >= 15 is 0 Å². The number of nitro benzene ring substituents is 1. The molecule has 10 heteroatoms. The van der Waals surface area contributed by atoms with E-state index in [1.165, 1.54) is 12.1 Å². The Kier molecular flexibility index (Phi) is 5.40. The van der Waals surface area contributed by atoms with E-state index in [1.807, 2.05) is 48.9 Å². The highest BCUT2D eigenvalue weighted by atomic mass is 32.2. The van der Waals surface area contributed by atoms with Crippen LogP contribution in [-0.4, -0.2) is 30.2 Å². The predicted octanol–water partition coefficient (Wildman–Crippen LogP) is 2.68. The summed E-state index contributed by atoms with van der Waals surface area (Å²) in [6.45, 7) is 4.18. The van der Waals surface area contributed by atoms with E-state index in [2.05, 4.69) is 5.10 Å². The number of nitrogens with zero attached hydrogens (tertiary/aromatic N) is 4. The van der Waals surface area contributed by atoms with Crippen molar-refractivity contribution in [1.29, 1.82) is 0 Å². The van der Waals surface area contributed by atoms with Gasteiger partial charge in [0.2, 0.25) is 10.0 Å². The van der Waals surface area contributed by atoms with Crippen LogP contribution in [0.4, 0.5) is 11.4 Å². The van der Waals surface area contributed by atoms with Gasteiger partial charge in [-0.1, -0.05) is 18.2 Å². The van der Waals surface area contributed by atoms with Gasteiger partial charge in [-0.05, 0) is 38.1 Å². The number of aryl methyl sites for hydroxylation is 1. The zero-order chi connectivity index (χ0) is 21.3. The van der Waals surface area contributed by atoms with E-state index in [4.69, 9.17) is 5.14 Å². The fourth-order valence-electron chi connectivity index (χ4n) is 3.20. The summed E-state index contributed by atoms with van der Waals surface area (Å²) in [5.41, 5.74) is 3.54. The number of aromatic nitrogens is 2. The van der Waals surface area contributed by atoms with Crippen molar-refractivity contribution in [2.45, 2.75) is 25.3 Å². The molecule has 0 atom stereocenters. The maximum Gasteiger partial charge on any atom is 0.293 e. The Balaban J connectivity index is 1.98. The first kappa shape index (κ1) is 20.5. The number of sulfonamides is 1. The Labute approximate surface area is 168 Å². The predicted molar refractivity (Wildman–Crippen MR) is 110 cm³/mol. The molecule has 1 heterocycles. The Bertz CT molecular complexity index is 1170. The second kappa shape index (κ2) is 7.64. The lowest BCUT2D eigenvalue weighted by Crippen LogP contribution is -2.19. The maximum atomic E-state index is 11.5. The fraction of sp³-hybridized carbons (Fsp3) is 0.211. The zero-order valence-corrected chi connectivity index (χ0v) is 17.0. The van der Waals surface area contributed by atoms with Gasteiger partial charge in [0.05, 0.1) is 21.2 Å². The molecule has 3 rings (SSSR count). The van der Waals surface area contributed by atoms with Crippen molar-refractivity contribution in [3.63, 3.8) is 0 Å². The van der Waals surface area contributed by atoms with Crippen molar-refractivity contribution in [2.24, 2.45) is 5.14 Å². The first-order valence-corrected chi connectivity index (χ1v) is 10.3. The van der Waals surface area contributed by atoms with Crippen molar-refractivity contribution < 1.29 is 13.3 Å². The van der Waals surface area contributed by atoms with Crippen molar-refractivity contribution in [3.8, 4) is 5.69 Å². The molecule has 0 amide bonds. The summed E-state index contributed by atoms with van der Waals surface area (Å²) < 4.78 is 24.9. The molecule has 3 aromatic rings. The second-order valence-electron chi connectivity index (χ2n) is 6.71. The Morgan fingerprint density at radius 3 is 2.41 bits per heavy atom. The third-order valence-electron chi connectivity index (χ3n) is 4.72. The maximum absolute atomic E-state index is 11.5. The minimum atomic E-state index is -4.04. The molecule has 0 bridgehead atoms. The minimum Gasteiger partial charge on any atom is -0.365 e. The van der Waals surface area contributed by atoms with Crippen LogP contribution in [0.2, 0.25) is 0 Å². The summed E-state index contributed by atoms with van der Waals surface area (Å²) in [5.74, 6) is 0. The van der Waals surface area contributed by atoms with Gasteiger partial charge in [0.25, 0.3) is 5.69 Å². The van der Waals surface area contributed by atoms with Gasteiger partial charge in [-0.15, -0.1) is 0 Å². The molecular weight excluding hydrogens is 394 g/mol. The number of nitro groups is 1. The number of rotatable bonds is 6. The molecule has 0 saturated heterocycles. The second-order valence-corrected chi connectivity index (χ2v) is 8.27. The molecule has 0 saturated carbocycles. The van der Waals surface area contributed by atoms with Gasteiger partial charge in [-0.2, -0.15) is 5.10 Å². The topological polar surface area (TPSA) is 124 Å². The third kappa shape index (κ3) is 4.13. The zero-order valence-electron chi connectivity index (χ0n) is 16.2. The van der Waals surface area contributed by atoms with Crippen molar-refractivity contribution >= 4 is 21.4 Å². The number of nitrogens with two attached hydrogens (primary N) is 1. The molecule has 152 valence electrons. The van der Waals surface area contributed by atoms with E-state index in [1.54, 1.807) is 11.9 Å². The van der Waals surface area contributed by atoms with Crippen LogP contribution in [0.5, 0.6) is 0 Å². The van der Waals surface area contributed by atoms with Crippen molar-refractivity contribution in [3.05, 3.63) is 75.6 Å². The van der Waals surface area contributed by atoms with Crippen LogP contribution in [0.25, 0.3) is 5.69 Å². The van der Waals surface area contributed by atoms with Crippen molar-refractivity contribution in [1.82, 2.24) is 9.78 Å². The summed E-state index contributed by atoms with van der Waals surface area (Å²) in [4.78, 5) is 12.3. The average molecular weight is 415 g/mol. The van der Waals surface area contributed by atoms with E-state index in [9.17, 15) is 18.5 Å². The molecule has 1 aromatic heterocycles. The van der Waals surface area contributed by atoms with Crippen LogP contribution in [0.15, 0.2) is 53.4 Å². The molecule has 29 heavy (non-hydrogen) atoms. The first-order valence-electron chi connectivity index (χ1n) is 8.72. The number of hydrogen-bond acceptors (Lipinski definition) is 6. The van der Waals surface area contributed by atoms with E-state index in [0.29, 0.717) is 6.54 Å². The normalized spacial score (nSPS) is 11.4. The molecule has 9 nitrogen and oxygen atoms in total. The summed E-state index contributed by atoms with van der Waals surface area (Å²) in [7, 11) is -2.33. The molecule has 2 N–H and O–H groups in total. The number of anilines is 1. The highest BCUT2D eigenvalue weighted by Gasteiger charge is 2.23. The lowest BCUT2D eigenvalue weighted by Gasteiger charge is -2.20. The monoisotopic (exact) mass is 415 g/mol. The van der Waals surface area contributed by atoms with Gasteiger partial charge >= 0.3 is 0 Å². The lowest BCUT2D eigenvalue weighted by molar-refractivity contribution is -0.384. The molecule has 0 unspecified atom stereocenters. The SMILES string of the molecule is Cc1nn(-c2ccccc2)c(C)c1CN(C)c1ccc(S(N)(=O)=O)cc1[N+](=O)[O-]. The molecule has 0 aliphatic heterocycles. The van der Waals surface area contributed by atoms with Crippen LogP contribution < -0.4 is 10.0 Å². The standard InChI is InChI=1S/C19H21N5O4S/c1-13-17(14(2)23(21-13)15-7-5-4-6-8-15)12-22(3)18-10-9-16(29(20,27)28)11-19(18)24(25)26/h4-11H,12H2,1-3H3,(H2,20,27,28). The highest BCUT2D eigenvalue weighted by Crippen LogP contribution is 2.31. The van der Waals surface area contributed by atoms with Gasteiger partial charge in [0.15, 0.2) is 0 Å². The summed E-state index contributed by atoms with van der Waals surface area (Å²) in [6, 6.07) is 13.3. The summed E-state index contributed by atoms with van der Waals surface area (Å²) in [6.07, 6.45) is 0. The van der Waals surface area contributed by atoms with Crippen LogP contribution in [0, 0.1) is 24.0 Å². The number of hydrogen-bond donors (Lipinski definition) is 1. The van der Waals surface area contributed by atoms with Gasteiger partial charge < -0.3 is 4.90 Å². The molecular formula is C19H21N5O4S. The number of benzene rings is 2. The Morgan fingerprint density at radius 1 is 1.17 bits per heavy atom. The van der Waals surface area contributed by atoms with Crippen LogP contribution in [0.3, 0.4) is 0 Å². The molecule has 0 fully saturated rings.